The van der Waals surface area contributed by atoms with Gasteiger partial charge in [0, 0.05) is 29.8 Å². The van der Waals surface area contributed by atoms with Crippen LogP contribution in [0.3, 0.4) is 0 Å². The Hall–Kier alpha value is -2.20. The Labute approximate surface area is 136 Å². The van der Waals surface area contributed by atoms with Gasteiger partial charge in [-0.15, -0.1) is 0 Å². The number of amides is 1. The zero-order valence-corrected chi connectivity index (χ0v) is 13.1. The minimum Gasteiger partial charge on any atom is -0.391 e. The maximum absolute atomic E-state index is 11.9. The van der Waals surface area contributed by atoms with E-state index in [-0.39, 0.29) is 5.91 Å². The van der Waals surface area contributed by atoms with Crippen LogP contribution in [0.15, 0.2) is 42.6 Å². The van der Waals surface area contributed by atoms with Crippen molar-refractivity contribution in [2.75, 3.05) is 6.54 Å². The van der Waals surface area contributed by atoms with Crippen LogP contribution in [0, 0.1) is 5.92 Å². The molecule has 120 valence electrons. The van der Waals surface area contributed by atoms with Crippen LogP contribution in [0.1, 0.15) is 31.2 Å². The van der Waals surface area contributed by atoms with Crippen LogP contribution in [-0.4, -0.2) is 28.6 Å². The van der Waals surface area contributed by atoms with Crippen LogP contribution in [0.5, 0.6) is 0 Å². The number of nitrogens with one attached hydrogen (secondary N) is 1. The monoisotopic (exact) mass is 310 g/mol. The number of fused-ring (bicyclic) bond motifs is 1. The third-order valence-corrected chi connectivity index (χ3v) is 4.51. The molecule has 1 saturated carbocycles. The smallest absolute Gasteiger partial charge is 0.244 e. The Kier molecular flexibility index (Phi) is 5.03. The van der Waals surface area contributed by atoms with Gasteiger partial charge in [0.15, 0.2) is 0 Å². The molecule has 3 rings (SSSR count). The van der Waals surface area contributed by atoms with Gasteiger partial charge in [-0.05, 0) is 30.9 Å². The van der Waals surface area contributed by atoms with E-state index in [0.29, 0.717) is 12.5 Å². The summed E-state index contributed by atoms with van der Waals surface area (Å²) in [4.78, 5) is 16.3. The number of carbonyl (C=O) groups is 1. The van der Waals surface area contributed by atoms with Crippen LogP contribution < -0.4 is 5.32 Å². The second-order valence-corrected chi connectivity index (χ2v) is 6.11. The summed E-state index contributed by atoms with van der Waals surface area (Å²) in [5.41, 5.74) is 1.79. The second-order valence-electron chi connectivity index (χ2n) is 6.11. The van der Waals surface area contributed by atoms with Gasteiger partial charge in [0.2, 0.25) is 5.91 Å². The highest BCUT2D eigenvalue weighted by atomic mass is 16.3. The first-order chi connectivity index (χ1) is 11.2. The number of hydrogen-bond donors (Lipinski definition) is 2. The number of pyridine rings is 1. The molecule has 4 nitrogen and oxygen atoms in total. The number of aliphatic hydroxyl groups excluding tert-OH is 1. The molecule has 0 bridgehead atoms. The predicted octanol–water partition coefficient (Wildman–Crippen LogP) is 2.92. The van der Waals surface area contributed by atoms with Gasteiger partial charge >= 0.3 is 0 Å². The molecular weight excluding hydrogens is 288 g/mol. The zero-order chi connectivity index (χ0) is 16.1. The van der Waals surface area contributed by atoms with Gasteiger partial charge in [-0.1, -0.05) is 37.1 Å². The van der Waals surface area contributed by atoms with Gasteiger partial charge < -0.3 is 10.4 Å². The van der Waals surface area contributed by atoms with Gasteiger partial charge in [0.25, 0.3) is 0 Å². The van der Waals surface area contributed by atoms with Crippen LogP contribution in [0.4, 0.5) is 0 Å². The number of aliphatic hydroxyl groups is 1. The maximum atomic E-state index is 11.9. The Morgan fingerprint density at radius 2 is 2.09 bits per heavy atom. The first-order valence-electron chi connectivity index (χ1n) is 8.22. The van der Waals surface area contributed by atoms with E-state index in [2.05, 4.69) is 10.3 Å². The molecule has 1 aromatic carbocycles. The number of para-hydroxylation sites is 1. The maximum Gasteiger partial charge on any atom is 0.244 e. The summed E-state index contributed by atoms with van der Waals surface area (Å²) in [6.07, 6.45) is 9.08. The SMILES string of the molecule is O=C(/C=C/c1cccc2cccnc12)NCC(O)C1CCCC1. The quantitative estimate of drug-likeness (QED) is 0.835. The zero-order valence-electron chi connectivity index (χ0n) is 13.1. The van der Waals surface area contributed by atoms with E-state index < -0.39 is 6.10 Å². The molecule has 1 aliphatic carbocycles. The highest BCUT2D eigenvalue weighted by molar-refractivity contribution is 5.95. The molecule has 1 heterocycles. The van der Waals surface area contributed by atoms with Crippen molar-refractivity contribution in [3.05, 3.63) is 48.2 Å². The number of benzene rings is 1. The topological polar surface area (TPSA) is 62.2 Å². The van der Waals surface area contributed by atoms with E-state index in [4.69, 9.17) is 0 Å². The Morgan fingerprint density at radius 1 is 1.30 bits per heavy atom. The van der Waals surface area contributed by atoms with E-state index in [0.717, 1.165) is 29.3 Å². The van der Waals surface area contributed by atoms with E-state index in [9.17, 15) is 9.90 Å². The standard InChI is InChI=1S/C19H22N2O2/c22-17(14-5-1-2-6-14)13-21-18(23)11-10-16-8-3-7-15-9-4-12-20-19(15)16/h3-4,7-12,14,17,22H,1-2,5-6,13H2,(H,21,23)/b11-10+. The van der Waals surface area contributed by atoms with Gasteiger partial charge in [0.1, 0.15) is 0 Å². The Morgan fingerprint density at radius 3 is 2.91 bits per heavy atom. The molecule has 0 saturated heterocycles. The molecule has 1 fully saturated rings. The number of rotatable bonds is 5. The van der Waals surface area contributed by atoms with E-state index >= 15 is 0 Å². The third-order valence-electron chi connectivity index (χ3n) is 4.51. The lowest BCUT2D eigenvalue weighted by atomic mass is 10.0. The summed E-state index contributed by atoms with van der Waals surface area (Å²) >= 11 is 0. The Bertz CT molecular complexity index is 700. The highest BCUT2D eigenvalue weighted by Crippen LogP contribution is 2.27. The molecule has 1 aromatic heterocycles. The number of aromatic nitrogens is 1. The van der Waals surface area contributed by atoms with Crippen molar-refractivity contribution in [2.45, 2.75) is 31.8 Å². The summed E-state index contributed by atoms with van der Waals surface area (Å²) in [5, 5.41) is 13.9. The fourth-order valence-corrected chi connectivity index (χ4v) is 3.20. The molecule has 1 atom stereocenters. The van der Waals surface area contributed by atoms with Crippen molar-refractivity contribution in [3.63, 3.8) is 0 Å². The molecule has 1 unspecified atom stereocenters. The van der Waals surface area contributed by atoms with E-state index in [1.54, 1.807) is 12.3 Å². The average molecular weight is 310 g/mol. The van der Waals surface area contributed by atoms with Crippen molar-refractivity contribution in [2.24, 2.45) is 5.92 Å². The number of carbonyl (C=O) groups excluding carboxylic acids is 1. The molecule has 2 aromatic rings. The summed E-state index contributed by atoms with van der Waals surface area (Å²) in [6.45, 7) is 0.321. The lowest BCUT2D eigenvalue weighted by Gasteiger charge is -2.17. The first kappa shape index (κ1) is 15.7. The van der Waals surface area contributed by atoms with E-state index in [1.807, 2.05) is 30.3 Å². The molecule has 23 heavy (non-hydrogen) atoms. The minimum atomic E-state index is -0.436. The lowest BCUT2D eigenvalue weighted by Crippen LogP contribution is -2.34. The van der Waals surface area contributed by atoms with Crippen molar-refractivity contribution in [1.82, 2.24) is 10.3 Å². The molecule has 1 aliphatic rings. The largest absolute Gasteiger partial charge is 0.391 e. The fraction of sp³-hybridized carbons (Fsp3) is 0.368. The van der Waals surface area contributed by atoms with Crippen LogP contribution in [0.2, 0.25) is 0 Å². The van der Waals surface area contributed by atoms with Crippen molar-refractivity contribution >= 4 is 22.9 Å². The highest BCUT2D eigenvalue weighted by Gasteiger charge is 2.22. The van der Waals surface area contributed by atoms with Gasteiger partial charge in [0.05, 0.1) is 11.6 Å². The summed E-state index contributed by atoms with van der Waals surface area (Å²) in [5.74, 6) is 0.150. The lowest BCUT2D eigenvalue weighted by molar-refractivity contribution is -0.117. The normalized spacial score (nSPS) is 16.9. The van der Waals surface area contributed by atoms with Gasteiger partial charge in [-0.25, -0.2) is 0 Å². The summed E-state index contributed by atoms with van der Waals surface area (Å²) in [7, 11) is 0. The third kappa shape index (κ3) is 3.96. The molecule has 4 heteroatoms. The van der Waals surface area contributed by atoms with Crippen LogP contribution in [-0.2, 0) is 4.79 Å². The van der Waals surface area contributed by atoms with Crippen molar-refractivity contribution in [3.8, 4) is 0 Å². The van der Waals surface area contributed by atoms with E-state index in [1.165, 1.54) is 18.9 Å². The molecule has 2 N–H and O–H groups in total. The Balaban J connectivity index is 1.59. The fourth-order valence-electron chi connectivity index (χ4n) is 3.20. The molecule has 1 amide bonds. The second kappa shape index (κ2) is 7.38. The van der Waals surface area contributed by atoms with Crippen LogP contribution >= 0.6 is 0 Å². The summed E-state index contributed by atoms with van der Waals surface area (Å²) in [6, 6.07) is 9.78. The summed E-state index contributed by atoms with van der Waals surface area (Å²) < 4.78 is 0. The predicted molar refractivity (Wildman–Crippen MR) is 91.8 cm³/mol. The van der Waals surface area contributed by atoms with Gasteiger partial charge in [-0.2, -0.15) is 0 Å². The molecule has 0 spiro atoms. The average Bonchev–Trinajstić information content (AvgIpc) is 3.12. The van der Waals surface area contributed by atoms with Crippen LogP contribution in [0.25, 0.3) is 17.0 Å². The molecule has 0 aliphatic heterocycles. The minimum absolute atomic E-state index is 0.185. The van der Waals surface area contributed by atoms with Gasteiger partial charge in [-0.3, -0.25) is 9.78 Å². The van der Waals surface area contributed by atoms with Crippen molar-refractivity contribution < 1.29 is 9.90 Å². The van der Waals surface area contributed by atoms with Crippen molar-refractivity contribution in [1.29, 1.82) is 0 Å². The molecular formula is C19H22N2O2. The molecule has 0 radical (unpaired) electrons. The first-order valence-corrected chi connectivity index (χ1v) is 8.22. The number of nitrogens with zero attached hydrogens (tertiary/aromatic N) is 1. The number of hydrogen-bond acceptors (Lipinski definition) is 3.